The number of rotatable bonds is 1. The van der Waals surface area contributed by atoms with E-state index in [0.717, 1.165) is 11.6 Å². The van der Waals surface area contributed by atoms with Gasteiger partial charge in [-0.1, -0.05) is 23.2 Å². The smallest absolute Gasteiger partial charge is 0.193 e. The molecule has 0 radical (unpaired) electrons. The van der Waals surface area contributed by atoms with Crippen molar-refractivity contribution >= 4 is 23.2 Å². The molecular formula is C3H3Cl2F. The molecule has 0 rings (SSSR count). The first-order chi connectivity index (χ1) is 2.77. The molecule has 0 saturated carbocycles. The Morgan fingerprint density at radius 1 is 1.67 bits per heavy atom. The topological polar surface area (TPSA) is 0 Å². The molecule has 1 atom stereocenters. The van der Waals surface area contributed by atoms with Crippen molar-refractivity contribution < 1.29 is 4.39 Å². The molecule has 36 valence electrons. The molecule has 0 aliphatic carbocycles. The van der Waals surface area contributed by atoms with Gasteiger partial charge in [-0.05, 0) is 6.08 Å². The Morgan fingerprint density at radius 2 is 2.17 bits per heavy atom. The summed E-state index contributed by atoms with van der Waals surface area (Å²) >= 11 is 9.63. The molecule has 0 heterocycles. The molecule has 0 aliphatic rings. The van der Waals surface area contributed by atoms with Gasteiger partial charge in [0.05, 0.1) is 0 Å². The number of hydrogen-bond acceptors (Lipinski definition) is 0. The molecule has 0 bridgehead atoms. The fraction of sp³-hybridized carbons (Fsp3) is 0.333. The van der Waals surface area contributed by atoms with Crippen LogP contribution >= 0.6 is 23.2 Å². The van der Waals surface area contributed by atoms with Crippen molar-refractivity contribution in [1.82, 2.24) is 0 Å². The number of alkyl halides is 2. The second-order valence-corrected chi connectivity index (χ2v) is 1.32. The van der Waals surface area contributed by atoms with Crippen LogP contribution < -0.4 is 0 Å². The second-order valence-electron chi connectivity index (χ2n) is 0.653. The van der Waals surface area contributed by atoms with Gasteiger partial charge in [0, 0.05) is 5.54 Å². The van der Waals surface area contributed by atoms with Gasteiger partial charge >= 0.3 is 0 Å². The monoisotopic (exact) mass is 128 g/mol. The maximum atomic E-state index is 11.3. The Labute approximate surface area is 45.6 Å². The van der Waals surface area contributed by atoms with Crippen molar-refractivity contribution in [3.05, 3.63) is 11.6 Å². The average Bonchev–Trinajstić information content (AvgIpc) is 1.35. The minimum Gasteiger partial charge on any atom is -0.225 e. The van der Waals surface area contributed by atoms with Gasteiger partial charge in [-0.3, -0.25) is 0 Å². The first-order valence-corrected chi connectivity index (χ1v) is 2.19. The van der Waals surface area contributed by atoms with E-state index in [4.69, 9.17) is 23.2 Å². The predicted molar refractivity (Wildman–Crippen MR) is 25.7 cm³/mol. The van der Waals surface area contributed by atoms with Crippen molar-refractivity contribution in [2.75, 3.05) is 0 Å². The Balaban J connectivity index is 3.03. The third kappa shape index (κ3) is 4.25. The summed E-state index contributed by atoms with van der Waals surface area (Å²) in [6.45, 7) is 0. The van der Waals surface area contributed by atoms with Crippen molar-refractivity contribution in [2.24, 2.45) is 0 Å². The molecule has 0 aromatic rings. The number of allylic oxidation sites excluding steroid dienone is 1. The number of halogens is 3. The minimum atomic E-state index is -1.44. The van der Waals surface area contributed by atoms with Crippen molar-refractivity contribution in [1.29, 1.82) is 0 Å². The first kappa shape index (κ1) is 6.25. The van der Waals surface area contributed by atoms with Gasteiger partial charge in [-0.2, -0.15) is 0 Å². The van der Waals surface area contributed by atoms with Crippen LogP contribution in [0.25, 0.3) is 0 Å². The Morgan fingerprint density at radius 3 is 2.17 bits per heavy atom. The summed E-state index contributed by atoms with van der Waals surface area (Å²) in [5, 5.41) is 0. The van der Waals surface area contributed by atoms with E-state index < -0.39 is 5.63 Å². The molecule has 0 aromatic heterocycles. The van der Waals surface area contributed by atoms with E-state index in [1.54, 1.807) is 0 Å². The van der Waals surface area contributed by atoms with Crippen molar-refractivity contribution in [2.45, 2.75) is 5.63 Å². The standard InChI is InChI=1S/C3H3Cl2F/c4-2-1-3(5)6/h1-3H. The minimum absolute atomic E-state index is 1.03. The Bertz CT molecular complexity index is 50.8. The quantitative estimate of drug-likeness (QED) is 0.476. The third-order valence-corrected chi connectivity index (χ3v) is 0.509. The largest absolute Gasteiger partial charge is 0.225 e. The molecule has 0 spiro atoms. The average molecular weight is 129 g/mol. The van der Waals surface area contributed by atoms with E-state index in [0.29, 0.717) is 0 Å². The van der Waals surface area contributed by atoms with Crippen LogP contribution in [0.4, 0.5) is 4.39 Å². The molecular weight excluding hydrogens is 126 g/mol. The molecule has 0 aliphatic heterocycles. The van der Waals surface area contributed by atoms with Gasteiger partial charge in [0.15, 0.2) is 5.63 Å². The normalized spacial score (nSPS) is 15.8. The van der Waals surface area contributed by atoms with E-state index in [-0.39, 0.29) is 0 Å². The summed E-state index contributed by atoms with van der Waals surface area (Å²) in [6, 6.07) is 0. The SMILES string of the molecule is FC(Cl)C=CCl. The van der Waals surface area contributed by atoms with Crippen LogP contribution in [0.15, 0.2) is 11.6 Å². The Hall–Kier alpha value is 0.250. The van der Waals surface area contributed by atoms with E-state index >= 15 is 0 Å². The zero-order valence-electron chi connectivity index (χ0n) is 2.87. The van der Waals surface area contributed by atoms with Gasteiger partial charge in [0.25, 0.3) is 0 Å². The van der Waals surface area contributed by atoms with Gasteiger partial charge < -0.3 is 0 Å². The highest BCUT2D eigenvalue weighted by atomic mass is 35.5. The molecule has 0 nitrogen and oxygen atoms in total. The van der Waals surface area contributed by atoms with Crippen LogP contribution in [0.1, 0.15) is 0 Å². The zero-order valence-corrected chi connectivity index (χ0v) is 4.38. The second kappa shape index (κ2) is 3.44. The highest BCUT2D eigenvalue weighted by Crippen LogP contribution is 1.97. The van der Waals surface area contributed by atoms with E-state index in [2.05, 4.69) is 0 Å². The molecule has 0 amide bonds. The first-order valence-electron chi connectivity index (χ1n) is 1.32. The molecule has 0 saturated heterocycles. The molecule has 0 N–H and O–H groups in total. The molecule has 1 unspecified atom stereocenters. The fourth-order valence-corrected chi connectivity index (χ4v) is 0.330. The molecule has 3 heteroatoms. The van der Waals surface area contributed by atoms with Gasteiger partial charge in [-0.15, -0.1) is 0 Å². The summed E-state index contributed by atoms with van der Waals surface area (Å²) in [7, 11) is 0. The molecule has 0 fully saturated rings. The van der Waals surface area contributed by atoms with Gasteiger partial charge in [0.1, 0.15) is 0 Å². The third-order valence-electron chi connectivity index (χ3n) is 0.218. The molecule has 0 aromatic carbocycles. The van der Waals surface area contributed by atoms with Crippen LogP contribution in [0.5, 0.6) is 0 Å². The van der Waals surface area contributed by atoms with Gasteiger partial charge in [0.2, 0.25) is 0 Å². The summed E-state index contributed by atoms with van der Waals surface area (Å²) in [6.07, 6.45) is 1.03. The predicted octanol–water partition coefficient (Wildman–Crippen LogP) is 2.27. The summed E-state index contributed by atoms with van der Waals surface area (Å²) in [5.74, 6) is 0. The lowest BCUT2D eigenvalue weighted by Crippen LogP contribution is -1.73. The lowest BCUT2D eigenvalue weighted by atomic mass is 10.7. The van der Waals surface area contributed by atoms with E-state index in [1.807, 2.05) is 0 Å². The Kier molecular flexibility index (Phi) is 3.58. The maximum absolute atomic E-state index is 11.3. The highest BCUT2D eigenvalue weighted by molar-refractivity contribution is 6.26. The van der Waals surface area contributed by atoms with Gasteiger partial charge in [-0.25, -0.2) is 4.39 Å². The van der Waals surface area contributed by atoms with E-state index in [1.165, 1.54) is 0 Å². The zero-order chi connectivity index (χ0) is 4.99. The molecule has 6 heavy (non-hydrogen) atoms. The van der Waals surface area contributed by atoms with Crippen LogP contribution in [0.2, 0.25) is 0 Å². The van der Waals surface area contributed by atoms with Crippen molar-refractivity contribution in [3.63, 3.8) is 0 Å². The summed E-state index contributed by atoms with van der Waals surface area (Å²) < 4.78 is 11.3. The lowest BCUT2D eigenvalue weighted by Gasteiger charge is -1.78. The lowest BCUT2D eigenvalue weighted by molar-refractivity contribution is 0.512. The van der Waals surface area contributed by atoms with Crippen LogP contribution in [-0.4, -0.2) is 5.63 Å². The van der Waals surface area contributed by atoms with E-state index in [9.17, 15) is 4.39 Å². The van der Waals surface area contributed by atoms with Crippen LogP contribution in [0.3, 0.4) is 0 Å². The fourth-order valence-electron chi connectivity index (χ4n) is 0.0550. The number of hydrogen-bond donors (Lipinski definition) is 0. The summed E-state index contributed by atoms with van der Waals surface area (Å²) in [4.78, 5) is 0. The van der Waals surface area contributed by atoms with Crippen LogP contribution in [0, 0.1) is 0 Å². The van der Waals surface area contributed by atoms with Crippen molar-refractivity contribution in [3.8, 4) is 0 Å². The van der Waals surface area contributed by atoms with Crippen LogP contribution in [-0.2, 0) is 0 Å². The maximum Gasteiger partial charge on any atom is 0.193 e. The summed E-state index contributed by atoms with van der Waals surface area (Å²) in [5.41, 5.74) is -0.403. The highest BCUT2D eigenvalue weighted by Gasteiger charge is 1.86.